The van der Waals surface area contributed by atoms with E-state index in [1.165, 1.54) is 12.1 Å². The zero-order valence-electron chi connectivity index (χ0n) is 12.3. The second kappa shape index (κ2) is 6.76. The lowest BCUT2D eigenvalue weighted by molar-refractivity contribution is 0.0559. The standard InChI is InChI=1S/C15H23N3O3/c1-2-18(12-6-4-3-5-10(12)9-16)15(21)11-7-13(19)17-14(20)8-11/h7-8,10,12H,2-6,9,16H2,1H3,(H2,17,19,20). The van der Waals surface area contributed by atoms with E-state index in [9.17, 15) is 14.7 Å². The van der Waals surface area contributed by atoms with Crippen LogP contribution in [0.2, 0.25) is 0 Å². The van der Waals surface area contributed by atoms with Crippen molar-refractivity contribution < 1.29 is 9.90 Å². The van der Waals surface area contributed by atoms with Crippen LogP contribution in [0.3, 0.4) is 0 Å². The van der Waals surface area contributed by atoms with E-state index < -0.39 is 5.56 Å². The summed E-state index contributed by atoms with van der Waals surface area (Å²) in [7, 11) is 0. The van der Waals surface area contributed by atoms with Crippen molar-refractivity contribution in [1.29, 1.82) is 0 Å². The number of amides is 1. The molecule has 0 aromatic carbocycles. The molecule has 0 saturated heterocycles. The number of carbonyl (C=O) groups is 1. The number of H-pyrrole nitrogens is 1. The second-order valence-corrected chi connectivity index (χ2v) is 5.56. The topological polar surface area (TPSA) is 99.4 Å². The number of carbonyl (C=O) groups excluding carboxylic acids is 1. The van der Waals surface area contributed by atoms with Gasteiger partial charge in [-0.15, -0.1) is 0 Å². The smallest absolute Gasteiger partial charge is 0.254 e. The summed E-state index contributed by atoms with van der Waals surface area (Å²) in [6.07, 6.45) is 4.21. The fourth-order valence-electron chi connectivity index (χ4n) is 3.22. The lowest BCUT2D eigenvalue weighted by Gasteiger charge is -2.39. The molecule has 116 valence electrons. The number of aromatic hydroxyl groups is 1. The number of aromatic nitrogens is 1. The number of hydrogen-bond donors (Lipinski definition) is 3. The molecule has 1 aromatic rings. The summed E-state index contributed by atoms with van der Waals surface area (Å²) in [4.78, 5) is 28.1. The van der Waals surface area contributed by atoms with Crippen molar-refractivity contribution in [2.24, 2.45) is 11.7 Å². The van der Waals surface area contributed by atoms with Crippen LogP contribution in [0.4, 0.5) is 0 Å². The molecule has 1 heterocycles. The molecule has 4 N–H and O–H groups in total. The van der Waals surface area contributed by atoms with Gasteiger partial charge in [0.2, 0.25) is 0 Å². The molecule has 0 spiro atoms. The van der Waals surface area contributed by atoms with E-state index >= 15 is 0 Å². The van der Waals surface area contributed by atoms with Crippen LogP contribution in [-0.4, -0.2) is 40.0 Å². The van der Waals surface area contributed by atoms with E-state index in [2.05, 4.69) is 4.98 Å². The first-order valence-corrected chi connectivity index (χ1v) is 7.51. The van der Waals surface area contributed by atoms with Gasteiger partial charge < -0.3 is 15.7 Å². The first kappa shape index (κ1) is 15.6. The van der Waals surface area contributed by atoms with E-state index in [1.54, 1.807) is 4.90 Å². The van der Waals surface area contributed by atoms with Crippen LogP contribution in [-0.2, 0) is 0 Å². The predicted molar refractivity (Wildman–Crippen MR) is 80.2 cm³/mol. The summed E-state index contributed by atoms with van der Waals surface area (Å²) in [5.74, 6) is -0.205. The zero-order valence-corrected chi connectivity index (χ0v) is 12.3. The minimum Gasteiger partial charge on any atom is -0.494 e. The molecule has 0 radical (unpaired) electrons. The van der Waals surface area contributed by atoms with Crippen LogP contribution in [0.15, 0.2) is 16.9 Å². The molecule has 0 bridgehead atoms. The Hall–Kier alpha value is -1.82. The largest absolute Gasteiger partial charge is 0.494 e. The maximum absolute atomic E-state index is 12.7. The molecule has 1 aromatic heterocycles. The van der Waals surface area contributed by atoms with Crippen molar-refractivity contribution in [1.82, 2.24) is 9.88 Å². The molecule has 1 fully saturated rings. The monoisotopic (exact) mass is 293 g/mol. The van der Waals surface area contributed by atoms with Crippen LogP contribution < -0.4 is 11.3 Å². The van der Waals surface area contributed by atoms with Gasteiger partial charge in [-0.05, 0) is 32.2 Å². The maximum Gasteiger partial charge on any atom is 0.254 e. The highest BCUT2D eigenvalue weighted by Crippen LogP contribution is 2.28. The Balaban J connectivity index is 2.27. The van der Waals surface area contributed by atoms with Gasteiger partial charge in [-0.3, -0.25) is 14.6 Å². The summed E-state index contributed by atoms with van der Waals surface area (Å²) >= 11 is 0. The van der Waals surface area contributed by atoms with Crippen LogP contribution in [0.1, 0.15) is 43.0 Å². The molecule has 2 unspecified atom stereocenters. The summed E-state index contributed by atoms with van der Waals surface area (Å²) in [6, 6.07) is 2.64. The third-order valence-corrected chi connectivity index (χ3v) is 4.25. The molecule has 1 aliphatic rings. The Kier molecular flexibility index (Phi) is 5.01. The molecular weight excluding hydrogens is 270 g/mol. The van der Waals surface area contributed by atoms with Gasteiger partial charge in [0.25, 0.3) is 11.5 Å². The van der Waals surface area contributed by atoms with Crippen molar-refractivity contribution in [3.63, 3.8) is 0 Å². The molecule has 6 nitrogen and oxygen atoms in total. The molecule has 1 amide bonds. The molecule has 21 heavy (non-hydrogen) atoms. The van der Waals surface area contributed by atoms with Crippen molar-refractivity contribution in [2.75, 3.05) is 13.1 Å². The third-order valence-electron chi connectivity index (χ3n) is 4.25. The maximum atomic E-state index is 12.7. The lowest BCUT2D eigenvalue weighted by atomic mass is 9.83. The average molecular weight is 293 g/mol. The number of nitrogens with one attached hydrogen (secondary N) is 1. The minimum atomic E-state index is -0.478. The second-order valence-electron chi connectivity index (χ2n) is 5.56. The zero-order chi connectivity index (χ0) is 15.4. The molecule has 1 aliphatic carbocycles. The number of aromatic amines is 1. The third kappa shape index (κ3) is 3.44. The number of pyridine rings is 1. The van der Waals surface area contributed by atoms with E-state index in [0.717, 1.165) is 25.7 Å². The summed E-state index contributed by atoms with van der Waals surface area (Å²) in [5.41, 5.74) is 5.58. The summed E-state index contributed by atoms with van der Waals surface area (Å²) < 4.78 is 0. The van der Waals surface area contributed by atoms with E-state index in [-0.39, 0.29) is 23.4 Å². The molecule has 1 saturated carbocycles. The number of rotatable bonds is 4. The predicted octanol–water partition coefficient (Wildman–Crippen LogP) is 1.06. The van der Waals surface area contributed by atoms with E-state index in [0.29, 0.717) is 19.0 Å². The first-order valence-electron chi connectivity index (χ1n) is 7.51. The molecule has 2 rings (SSSR count). The fourth-order valence-corrected chi connectivity index (χ4v) is 3.22. The molecule has 2 atom stereocenters. The lowest BCUT2D eigenvalue weighted by Crippen LogP contribution is -2.48. The molecule has 0 aliphatic heterocycles. The van der Waals surface area contributed by atoms with Crippen molar-refractivity contribution in [3.8, 4) is 5.88 Å². The Morgan fingerprint density at radius 3 is 2.76 bits per heavy atom. The Bertz CT molecular complexity index is 555. The van der Waals surface area contributed by atoms with Gasteiger partial charge in [0, 0.05) is 24.7 Å². The highest BCUT2D eigenvalue weighted by atomic mass is 16.3. The Labute approximate surface area is 124 Å². The van der Waals surface area contributed by atoms with Gasteiger partial charge in [-0.1, -0.05) is 12.8 Å². The van der Waals surface area contributed by atoms with Crippen molar-refractivity contribution in [3.05, 3.63) is 28.0 Å². The van der Waals surface area contributed by atoms with Gasteiger partial charge in [-0.25, -0.2) is 0 Å². The van der Waals surface area contributed by atoms with Gasteiger partial charge in [-0.2, -0.15) is 0 Å². The minimum absolute atomic E-state index is 0.114. The summed E-state index contributed by atoms with van der Waals surface area (Å²) in [6.45, 7) is 3.05. The number of hydrogen-bond acceptors (Lipinski definition) is 4. The summed E-state index contributed by atoms with van der Waals surface area (Å²) in [5, 5.41) is 9.46. The molecule has 6 heteroatoms. The van der Waals surface area contributed by atoms with Crippen LogP contribution >= 0.6 is 0 Å². The molecular formula is C15H23N3O3. The fraction of sp³-hybridized carbons (Fsp3) is 0.600. The van der Waals surface area contributed by atoms with Gasteiger partial charge in [0.05, 0.1) is 5.56 Å². The van der Waals surface area contributed by atoms with Crippen LogP contribution in [0, 0.1) is 5.92 Å². The van der Waals surface area contributed by atoms with Crippen LogP contribution in [0.5, 0.6) is 5.88 Å². The normalized spacial score (nSPS) is 22.0. The average Bonchev–Trinajstić information content (AvgIpc) is 2.47. The highest BCUT2D eigenvalue weighted by molar-refractivity contribution is 5.94. The Morgan fingerprint density at radius 2 is 2.14 bits per heavy atom. The van der Waals surface area contributed by atoms with E-state index in [1.807, 2.05) is 6.92 Å². The van der Waals surface area contributed by atoms with Crippen molar-refractivity contribution in [2.45, 2.75) is 38.6 Å². The van der Waals surface area contributed by atoms with Crippen molar-refractivity contribution >= 4 is 5.91 Å². The Morgan fingerprint density at radius 1 is 1.43 bits per heavy atom. The number of nitrogens with two attached hydrogens (primary N) is 1. The quantitative estimate of drug-likeness (QED) is 0.773. The SMILES string of the molecule is CCN(C(=O)c1cc(O)[nH]c(=O)c1)C1CCCCC1CN. The van der Waals surface area contributed by atoms with Gasteiger partial charge >= 0.3 is 0 Å². The highest BCUT2D eigenvalue weighted by Gasteiger charge is 2.31. The van der Waals surface area contributed by atoms with Crippen LogP contribution in [0.25, 0.3) is 0 Å². The van der Waals surface area contributed by atoms with Gasteiger partial charge in [0.1, 0.15) is 0 Å². The first-order chi connectivity index (χ1) is 10.1. The van der Waals surface area contributed by atoms with Gasteiger partial charge in [0.15, 0.2) is 5.88 Å². The number of nitrogens with zero attached hydrogens (tertiary/aromatic N) is 1. The van der Waals surface area contributed by atoms with E-state index in [4.69, 9.17) is 5.73 Å².